The second kappa shape index (κ2) is 4.22. The molecule has 0 spiro atoms. The van der Waals surface area contributed by atoms with Crippen LogP contribution < -0.4 is 4.74 Å². The molecule has 1 unspecified atom stereocenters. The minimum Gasteiger partial charge on any atom is -0.496 e. The Balaban J connectivity index is 3.16. The summed E-state index contributed by atoms with van der Waals surface area (Å²) >= 11 is 0. The van der Waals surface area contributed by atoms with Crippen LogP contribution in [-0.4, -0.2) is 19.1 Å². The summed E-state index contributed by atoms with van der Waals surface area (Å²) in [5.41, 5.74) is 1.07. The highest BCUT2D eigenvalue weighted by Gasteiger charge is 2.17. The summed E-state index contributed by atoms with van der Waals surface area (Å²) in [5, 5.41) is 0. The molecular weight excluding hydrogens is 183 g/mol. The Labute approximate surface area is 82.7 Å². The summed E-state index contributed by atoms with van der Waals surface area (Å²) in [6.07, 6.45) is -1.47. The molecule has 1 atom stereocenters. The van der Waals surface area contributed by atoms with E-state index in [1.165, 1.54) is 14.0 Å². The number of ether oxygens (including phenoxy) is 1. The van der Waals surface area contributed by atoms with Gasteiger partial charge in [-0.05, 0) is 19.9 Å². The molecule has 0 bridgehead atoms. The topological polar surface area (TPSA) is 26.3 Å². The third-order valence-electron chi connectivity index (χ3n) is 2.13. The van der Waals surface area contributed by atoms with Gasteiger partial charge >= 0.3 is 0 Å². The Hall–Kier alpha value is -1.38. The third kappa shape index (κ3) is 1.92. The lowest BCUT2D eigenvalue weighted by molar-refractivity contribution is 0.0892. The Morgan fingerprint density at radius 3 is 2.64 bits per heavy atom. The minimum absolute atomic E-state index is 0.388. The molecule has 0 saturated carbocycles. The lowest BCUT2D eigenvalue weighted by Crippen LogP contribution is -2.13. The molecule has 0 N–H and O–H groups in total. The van der Waals surface area contributed by atoms with Crippen molar-refractivity contribution in [3.05, 3.63) is 29.3 Å². The van der Waals surface area contributed by atoms with Crippen LogP contribution in [0.1, 0.15) is 22.8 Å². The second-order valence-electron chi connectivity index (χ2n) is 3.11. The van der Waals surface area contributed by atoms with Gasteiger partial charge in [-0.2, -0.15) is 0 Å². The predicted octanol–water partition coefficient (Wildman–Crippen LogP) is 2.54. The molecule has 1 aromatic rings. The van der Waals surface area contributed by atoms with Crippen molar-refractivity contribution in [3.63, 3.8) is 0 Å². The summed E-state index contributed by atoms with van der Waals surface area (Å²) in [7, 11) is 1.52. The number of rotatable bonds is 3. The van der Waals surface area contributed by atoms with Gasteiger partial charge in [-0.25, -0.2) is 4.39 Å². The summed E-state index contributed by atoms with van der Waals surface area (Å²) in [5.74, 6) is 0.109. The average molecular weight is 196 g/mol. The van der Waals surface area contributed by atoms with E-state index in [4.69, 9.17) is 4.74 Å². The molecule has 0 heterocycles. The van der Waals surface area contributed by atoms with Gasteiger partial charge in [0.05, 0.1) is 7.11 Å². The van der Waals surface area contributed by atoms with Crippen LogP contribution in [0.4, 0.5) is 4.39 Å². The number of alkyl halides is 1. The predicted molar refractivity (Wildman–Crippen MR) is 52.6 cm³/mol. The van der Waals surface area contributed by atoms with Crippen LogP contribution in [0.25, 0.3) is 0 Å². The first kappa shape index (κ1) is 10.7. The number of hydrogen-bond acceptors (Lipinski definition) is 2. The Kier molecular flexibility index (Phi) is 3.23. The number of hydrogen-bond donors (Lipinski definition) is 0. The number of benzene rings is 1. The zero-order valence-corrected chi connectivity index (χ0v) is 8.50. The van der Waals surface area contributed by atoms with E-state index in [1.54, 1.807) is 25.1 Å². The number of carbonyl (C=O) groups excluding carboxylic acids is 1. The molecule has 76 valence electrons. The van der Waals surface area contributed by atoms with Crippen molar-refractivity contribution in [2.24, 2.45) is 0 Å². The van der Waals surface area contributed by atoms with Gasteiger partial charge in [0.2, 0.25) is 0 Å². The zero-order valence-electron chi connectivity index (χ0n) is 8.50. The summed E-state index contributed by atoms with van der Waals surface area (Å²) < 4.78 is 17.8. The molecule has 0 aliphatic rings. The fraction of sp³-hybridized carbons (Fsp3) is 0.364. The number of Topliss-reactive ketones (excluding diaryl/α,β-unsaturated/α-hetero) is 1. The maximum Gasteiger partial charge on any atom is 0.196 e. The quantitative estimate of drug-likeness (QED) is 0.694. The normalized spacial score (nSPS) is 12.3. The van der Waals surface area contributed by atoms with Crippen molar-refractivity contribution in [3.8, 4) is 5.75 Å². The summed E-state index contributed by atoms with van der Waals surface area (Å²) in [6, 6.07) is 5.03. The highest BCUT2D eigenvalue weighted by Crippen LogP contribution is 2.22. The van der Waals surface area contributed by atoms with Crippen LogP contribution in [0.2, 0.25) is 0 Å². The lowest BCUT2D eigenvalue weighted by Gasteiger charge is -2.09. The molecule has 1 rings (SSSR count). The van der Waals surface area contributed by atoms with Crippen molar-refractivity contribution in [1.82, 2.24) is 0 Å². The third-order valence-corrected chi connectivity index (χ3v) is 2.13. The van der Waals surface area contributed by atoms with Crippen LogP contribution in [-0.2, 0) is 0 Å². The standard InChI is InChI=1S/C11H13FO2/c1-7-9(11(13)8(2)12)5-4-6-10(7)14-3/h4-6,8H,1-3H3. The van der Waals surface area contributed by atoms with Gasteiger partial charge in [-0.15, -0.1) is 0 Å². The monoisotopic (exact) mass is 196 g/mol. The molecule has 0 amide bonds. The van der Waals surface area contributed by atoms with Crippen molar-refractivity contribution >= 4 is 5.78 Å². The number of methoxy groups -OCH3 is 1. The first-order chi connectivity index (χ1) is 6.57. The van der Waals surface area contributed by atoms with Crippen molar-refractivity contribution < 1.29 is 13.9 Å². The zero-order chi connectivity index (χ0) is 10.7. The Bertz CT molecular complexity index is 345. The number of ketones is 1. The molecule has 0 aliphatic carbocycles. The maximum absolute atomic E-state index is 12.8. The van der Waals surface area contributed by atoms with Gasteiger partial charge in [0.25, 0.3) is 0 Å². The van der Waals surface area contributed by atoms with Gasteiger partial charge in [-0.1, -0.05) is 12.1 Å². The van der Waals surface area contributed by atoms with Crippen LogP contribution in [0.3, 0.4) is 0 Å². The molecule has 0 radical (unpaired) electrons. The molecular formula is C11H13FO2. The van der Waals surface area contributed by atoms with Gasteiger partial charge < -0.3 is 4.74 Å². The van der Waals surface area contributed by atoms with Crippen molar-refractivity contribution in [2.75, 3.05) is 7.11 Å². The van der Waals surface area contributed by atoms with E-state index in [-0.39, 0.29) is 0 Å². The van der Waals surface area contributed by atoms with E-state index in [9.17, 15) is 9.18 Å². The molecule has 0 saturated heterocycles. The van der Waals surface area contributed by atoms with Crippen LogP contribution in [0, 0.1) is 6.92 Å². The smallest absolute Gasteiger partial charge is 0.196 e. The van der Waals surface area contributed by atoms with E-state index in [2.05, 4.69) is 0 Å². The van der Waals surface area contributed by atoms with E-state index in [0.717, 1.165) is 0 Å². The van der Waals surface area contributed by atoms with E-state index in [0.29, 0.717) is 16.9 Å². The van der Waals surface area contributed by atoms with E-state index in [1.807, 2.05) is 0 Å². The van der Waals surface area contributed by atoms with E-state index >= 15 is 0 Å². The first-order valence-electron chi connectivity index (χ1n) is 4.39. The van der Waals surface area contributed by atoms with Crippen LogP contribution >= 0.6 is 0 Å². The second-order valence-corrected chi connectivity index (χ2v) is 3.11. The van der Waals surface area contributed by atoms with E-state index < -0.39 is 12.0 Å². The Morgan fingerprint density at radius 1 is 1.50 bits per heavy atom. The molecule has 0 fully saturated rings. The average Bonchev–Trinajstić information content (AvgIpc) is 2.17. The molecule has 14 heavy (non-hydrogen) atoms. The van der Waals surface area contributed by atoms with Gasteiger partial charge in [-0.3, -0.25) is 4.79 Å². The van der Waals surface area contributed by atoms with Crippen molar-refractivity contribution in [1.29, 1.82) is 0 Å². The van der Waals surface area contributed by atoms with Gasteiger partial charge in [0.15, 0.2) is 12.0 Å². The molecule has 0 aromatic heterocycles. The maximum atomic E-state index is 12.8. The molecule has 1 aromatic carbocycles. The summed E-state index contributed by atoms with van der Waals surface area (Å²) in [4.78, 5) is 11.4. The van der Waals surface area contributed by atoms with Crippen molar-refractivity contribution in [2.45, 2.75) is 20.0 Å². The SMILES string of the molecule is COc1cccc(C(=O)C(C)F)c1C. The summed E-state index contributed by atoms with van der Waals surface area (Å²) in [6.45, 7) is 2.98. The highest BCUT2D eigenvalue weighted by molar-refractivity contribution is 6.00. The van der Waals surface area contributed by atoms with Gasteiger partial charge in [0, 0.05) is 11.1 Å². The van der Waals surface area contributed by atoms with Gasteiger partial charge in [0.1, 0.15) is 5.75 Å². The Morgan fingerprint density at radius 2 is 2.14 bits per heavy atom. The number of carbonyl (C=O) groups is 1. The largest absolute Gasteiger partial charge is 0.496 e. The molecule has 0 aliphatic heterocycles. The van der Waals surface area contributed by atoms with Crippen LogP contribution in [0.5, 0.6) is 5.75 Å². The highest BCUT2D eigenvalue weighted by atomic mass is 19.1. The molecule has 3 heteroatoms. The number of halogens is 1. The molecule has 2 nitrogen and oxygen atoms in total. The first-order valence-corrected chi connectivity index (χ1v) is 4.39. The minimum atomic E-state index is -1.47. The van der Waals surface area contributed by atoms with Crippen LogP contribution in [0.15, 0.2) is 18.2 Å². The fourth-order valence-corrected chi connectivity index (χ4v) is 1.32. The fourth-order valence-electron chi connectivity index (χ4n) is 1.32. The lowest BCUT2D eigenvalue weighted by atomic mass is 10.0.